The fraction of sp³-hybridized carbons (Fsp3) is 0.533. The van der Waals surface area contributed by atoms with Crippen LogP contribution in [0, 0.1) is 0 Å². The van der Waals surface area contributed by atoms with Gasteiger partial charge in [0.25, 0.3) is 0 Å². The third-order valence-electron chi connectivity index (χ3n) is 3.34. The minimum absolute atomic E-state index is 0.118. The highest BCUT2D eigenvalue weighted by atomic mass is 35.5. The third-order valence-corrected chi connectivity index (χ3v) is 3.84. The Morgan fingerprint density at radius 1 is 1.30 bits per heavy atom. The van der Waals surface area contributed by atoms with Gasteiger partial charge in [0.2, 0.25) is 0 Å². The van der Waals surface area contributed by atoms with Crippen LogP contribution in [0.4, 0.5) is 0 Å². The topological polar surface area (TPSA) is 21.1 Å². The van der Waals surface area contributed by atoms with E-state index in [0.717, 1.165) is 47.8 Å². The molecule has 0 aliphatic heterocycles. The Bertz CT molecular complexity index is 576. The zero-order valence-electron chi connectivity index (χ0n) is 12.2. The maximum Gasteiger partial charge on any atom is 0.127 e. The molecule has 1 unspecified atom stereocenters. The SMILES string of the molecule is CC(Cl)c1nc2cccc(Cl)c2n1CCCCN(C)C. The van der Waals surface area contributed by atoms with Crippen molar-refractivity contribution < 1.29 is 0 Å². The Hall–Kier alpha value is -0.770. The lowest BCUT2D eigenvalue weighted by Crippen LogP contribution is -2.14. The molecule has 0 aliphatic rings. The van der Waals surface area contributed by atoms with Gasteiger partial charge in [-0.05, 0) is 52.5 Å². The van der Waals surface area contributed by atoms with Crippen molar-refractivity contribution in [1.29, 1.82) is 0 Å². The molecule has 1 heterocycles. The molecule has 0 bridgehead atoms. The largest absolute Gasteiger partial charge is 0.326 e. The Morgan fingerprint density at radius 2 is 2.05 bits per heavy atom. The molecule has 3 nitrogen and oxygen atoms in total. The average molecular weight is 314 g/mol. The molecule has 1 aromatic carbocycles. The van der Waals surface area contributed by atoms with Crippen LogP contribution in [0.15, 0.2) is 18.2 Å². The summed E-state index contributed by atoms with van der Waals surface area (Å²) in [6, 6.07) is 5.82. The van der Waals surface area contributed by atoms with Crippen molar-refractivity contribution >= 4 is 34.2 Å². The molecule has 0 amide bonds. The number of alkyl halides is 1. The summed E-state index contributed by atoms with van der Waals surface area (Å²) in [5.41, 5.74) is 1.93. The second-order valence-electron chi connectivity index (χ2n) is 5.36. The molecule has 110 valence electrons. The van der Waals surface area contributed by atoms with Crippen molar-refractivity contribution in [2.75, 3.05) is 20.6 Å². The van der Waals surface area contributed by atoms with E-state index in [1.54, 1.807) is 0 Å². The average Bonchev–Trinajstić information content (AvgIpc) is 2.75. The number of para-hydroxylation sites is 1. The molecule has 2 rings (SSSR count). The maximum absolute atomic E-state index is 6.33. The number of unbranched alkanes of at least 4 members (excludes halogenated alkanes) is 1. The minimum Gasteiger partial charge on any atom is -0.326 e. The summed E-state index contributed by atoms with van der Waals surface area (Å²) in [5.74, 6) is 0.902. The number of hydrogen-bond donors (Lipinski definition) is 0. The highest BCUT2D eigenvalue weighted by Crippen LogP contribution is 2.29. The summed E-state index contributed by atoms with van der Waals surface area (Å²) in [4.78, 5) is 6.82. The lowest BCUT2D eigenvalue weighted by atomic mass is 10.2. The number of benzene rings is 1. The van der Waals surface area contributed by atoms with Crippen LogP contribution < -0.4 is 0 Å². The van der Waals surface area contributed by atoms with E-state index in [4.69, 9.17) is 23.2 Å². The molecular weight excluding hydrogens is 293 g/mol. The predicted octanol–water partition coefficient (Wildman–Crippen LogP) is 4.33. The summed E-state index contributed by atoms with van der Waals surface area (Å²) in [6.45, 7) is 3.94. The Morgan fingerprint density at radius 3 is 2.70 bits per heavy atom. The maximum atomic E-state index is 6.33. The van der Waals surface area contributed by atoms with E-state index >= 15 is 0 Å². The molecule has 0 N–H and O–H groups in total. The number of aryl methyl sites for hydroxylation is 1. The number of aromatic nitrogens is 2. The van der Waals surface area contributed by atoms with Crippen LogP contribution in [0.2, 0.25) is 5.02 Å². The number of halogens is 2. The van der Waals surface area contributed by atoms with Crippen LogP contribution >= 0.6 is 23.2 Å². The van der Waals surface area contributed by atoms with Crippen molar-refractivity contribution in [3.63, 3.8) is 0 Å². The van der Waals surface area contributed by atoms with Crippen LogP contribution in [0.3, 0.4) is 0 Å². The van der Waals surface area contributed by atoms with Crippen molar-refractivity contribution in [3.05, 3.63) is 29.0 Å². The number of hydrogen-bond acceptors (Lipinski definition) is 2. The Kier molecular flexibility index (Phi) is 5.30. The Labute approximate surface area is 130 Å². The van der Waals surface area contributed by atoms with Crippen LogP contribution in [-0.2, 0) is 6.54 Å². The fourth-order valence-corrected chi connectivity index (χ4v) is 2.83. The first-order valence-electron chi connectivity index (χ1n) is 6.94. The van der Waals surface area contributed by atoms with Gasteiger partial charge in [-0.3, -0.25) is 0 Å². The predicted molar refractivity (Wildman–Crippen MR) is 86.8 cm³/mol. The van der Waals surface area contributed by atoms with Gasteiger partial charge < -0.3 is 9.47 Å². The van der Waals surface area contributed by atoms with E-state index in [2.05, 4.69) is 28.5 Å². The standard InChI is InChI=1S/C15H21Cl2N3/c1-11(16)15-18-13-8-6-7-12(17)14(13)20(15)10-5-4-9-19(2)3/h6-8,11H,4-5,9-10H2,1-3H3. The molecule has 0 saturated heterocycles. The molecule has 0 aliphatic carbocycles. The number of nitrogens with zero attached hydrogens (tertiary/aromatic N) is 3. The first kappa shape index (κ1) is 15.6. The smallest absolute Gasteiger partial charge is 0.127 e. The van der Waals surface area contributed by atoms with Crippen molar-refractivity contribution in [2.45, 2.75) is 31.7 Å². The molecule has 0 spiro atoms. The summed E-state index contributed by atoms with van der Waals surface area (Å²) in [5, 5.41) is 0.624. The lowest BCUT2D eigenvalue weighted by Gasteiger charge is -2.13. The monoisotopic (exact) mass is 313 g/mol. The van der Waals surface area contributed by atoms with E-state index < -0.39 is 0 Å². The summed E-state index contributed by atoms with van der Waals surface area (Å²) >= 11 is 12.6. The number of fused-ring (bicyclic) bond motifs is 1. The van der Waals surface area contributed by atoms with E-state index in [9.17, 15) is 0 Å². The molecule has 1 aromatic heterocycles. The van der Waals surface area contributed by atoms with Gasteiger partial charge in [-0.25, -0.2) is 4.98 Å². The molecule has 1 atom stereocenters. The van der Waals surface area contributed by atoms with Crippen molar-refractivity contribution in [3.8, 4) is 0 Å². The zero-order chi connectivity index (χ0) is 14.7. The third kappa shape index (κ3) is 3.46. The zero-order valence-corrected chi connectivity index (χ0v) is 13.7. The fourth-order valence-electron chi connectivity index (χ4n) is 2.39. The number of imidazole rings is 1. The molecule has 5 heteroatoms. The van der Waals surface area contributed by atoms with Crippen molar-refractivity contribution in [2.24, 2.45) is 0 Å². The summed E-state index contributed by atoms with van der Waals surface area (Å²) in [7, 11) is 4.19. The molecule has 0 fully saturated rings. The Balaban J connectivity index is 2.27. The van der Waals surface area contributed by atoms with E-state index in [1.807, 2.05) is 25.1 Å². The van der Waals surface area contributed by atoms with Gasteiger partial charge in [-0.2, -0.15) is 0 Å². The molecule has 0 saturated carbocycles. The summed E-state index contributed by atoms with van der Waals surface area (Å²) in [6.07, 6.45) is 2.23. The van der Waals surface area contributed by atoms with Gasteiger partial charge in [0, 0.05) is 6.54 Å². The van der Waals surface area contributed by atoms with Crippen LogP contribution in [0.1, 0.15) is 31.0 Å². The van der Waals surface area contributed by atoms with Crippen LogP contribution in [-0.4, -0.2) is 35.1 Å². The van der Waals surface area contributed by atoms with Gasteiger partial charge in [-0.15, -0.1) is 11.6 Å². The van der Waals surface area contributed by atoms with Crippen LogP contribution in [0.5, 0.6) is 0 Å². The van der Waals surface area contributed by atoms with Gasteiger partial charge >= 0.3 is 0 Å². The normalized spacial score (nSPS) is 13.3. The molecule has 0 radical (unpaired) electrons. The highest BCUT2D eigenvalue weighted by Gasteiger charge is 2.16. The molecule has 20 heavy (non-hydrogen) atoms. The quantitative estimate of drug-likeness (QED) is 0.584. The second kappa shape index (κ2) is 6.79. The molecule has 2 aromatic rings. The van der Waals surface area contributed by atoms with Gasteiger partial charge in [-0.1, -0.05) is 17.7 Å². The van der Waals surface area contributed by atoms with E-state index in [1.165, 1.54) is 0 Å². The van der Waals surface area contributed by atoms with Crippen molar-refractivity contribution in [1.82, 2.24) is 14.5 Å². The van der Waals surface area contributed by atoms with E-state index in [0.29, 0.717) is 0 Å². The van der Waals surface area contributed by atoms with Crippen LogP contribution in [0.25, 0.3) is 11.0 Å². The molecular formula is C15H21Cl2N3. The second-order valence-corrected chi connectivity index (χ2v) is 6.42. The van der Waals surface area contributed by atoms with E-state index in [-0.39, 0.29) is 5.38 Å². The first-order chi connectivity index (χ1) is 9.50. The van der Waals surface area contributed by atoms with Gasteiger partial charge in [0.15, 0.2) is 0 Å². The van der Waals surface area contributed by atoms with Gasteiger partial charge in [0.1, 0.15) is 5.82 Å². The highest BCUT2D eigenvalue weighted by molar-refractivity contribution is 6.35. The first-order valence-corrected chi connectivity index (χ1v) is 7.75. The lowest BCUT2D eigenvalue weighted by molar-refractivity contribution is 0.387. The summed E-state index contributed by atoms with van der Waals surface area (Å²) < 4.78 is 2.17. The van der Waals surface area contributed by atoms with Gasteiger partial charge in [0.05, 0.1) is 21.4 Å². The number of rotatable bonds is 6. The minimum atomic E-state index is -0.118.